The van der Waals surface area contributed by atoms with E-state index in [0.29, 0.717) is 24.8 Å². The van der Waals surface area contributed by atoms with Gasteiger partial charge in [0, 0.05) is 26.1 Å². The van der Waals surface area contributed by atoms with E-state index in [-0.39, 0.29) is 11.8 Å². The smallest absolute Gasteiger partial charge is 0.267 e. The Morgan fingerprint density at radius 1 is 1.20 bits per heavy atom. The van der Waals surface area contributed by atoms with Crippen LogP contribution in [0, 0.1) is 0 Å². The third kappa shape index (κ3) is 3.97. The number of nitrogens with zero attached hydrogens (tertiary/aromatic N) is 2. The van der Waals surface area contributed by atoms with E-state index in [4.69, 9.17) is 4.74 Å². The molecule has 2 amide bonds. The fraction of sp³-hybridized carbons (Fsp3) is 0.600. The van der Waals surface area contributed by atoms with Crippen molar-refractivity contribution in [1.29, 1.82) is 0 Å². The molecule has 136 valence electrons. The molecular formula is C20H28N2O3. The summed E-state index contributed by atoms with van der Waals surface area (Å²) in [7, 11) is 1.91. The van der Waals surface area contributed by atoms with Crippen LogP contribution in [0.2, 0.25) is 0 Å². The van der Waals surface area contributed by atoms with E-state index in [2.05, 4.69) is 0 Å². The largest absolute Gasteiger partial charge is 0.479 e. The van der Waals surface area contributed by atoms with E-state index in [1.807, 2.05) is 36.2 Å². The fourth-order valence-corrected chi connectivity index (χ4v) is 3.82. The lowest BCUT2D eigenvalue weighted by Crippen LogP contribution is -2.46. The van der Waals surface area contributed by atoms with E-state index in [0.717, 1.165) is 18.5 Å². The van der Waals surface area contributed by atoms with Gasteiger partial charge in [-0.15, -0.1) is 0 Å². The van der Waals surface area contributed by atoms with Crippen molar-refractivity contribution in [3.63, 3.8) is 0 Å². The molecule has 0 saturated heterocycles. The summed E-state index contributed by atoms with van der Waals surface area (Å²) < 4.78 is 5.65. The minimum atomic E-state index is -0.510. The van der Waals surface area contributed by atoms with Crippen molar-refractivity contribution in [2.45, 2.75) is 64.0 Å². The van der Waals surface area contributed by atoms with Gasteiger partial charge in [-0.05, 0) is 31.9 Å². The first-order chi connectivity index (χ1) is 12.1. The van der Waals surface area contributed by atoms with Crippen molar-refractivity contribution in [3.05, 3.63) is 24.3 Å². The second kappa shape index (κ2) is 7.89. The van der Waals surface area contributed by atoms with Crippen LogP contribution in [0.25, 0.3) is 0 Å². The standard InChI is InChI=1S/C20H28N2O3/c1-15-20(24)22(17-11-7-8-12-18(17)25-15)14-13-19(23)21(2)16-9-5-3-4-6-10-16/h7-8,11-12,15-16H,3-6,9-10,13-14H2,1-2H3. The highest BCUT2D eigenvalue weighted by atomic mass is 16.5. The highest BCUT2D eigenvalue weighted by Gasteiger charge is 2.32. The van der Waals surface area contributed by atoms with Gasteiger partial charge in [-0.25, -0.2) is 0 Å². The Labute approximate surface area is 149 Å². The first kappa shape index (κ1) is 17.8. The molecule has 1 unspecified atom stereocenters. The minimum Gasteiger partial charge on any atom is -0.479 e. The van der Waals surface area contributed by atoms with Crippen LogP contribution in [0.4, 0.5) is 5.69 Å². The van der Waals surface area contributed by atoms with Crippen LogP contribution in [0.5, 0.6) is 5.75 Å². The van der Waals surface area contributed by atoms with Crippen molar-refractivity contribution in [3.8, 4) is 5.75 Å². The number of fused-ring (bicyclic) bond motifs is 1. The maximum atomic E-state index is 12.7. The van der Waals surface area contributed by atoms with Crippen LogP contribution in [0.1, 0.15) is 51.9 Å². The molecule has 0 bridgehead atoms. The maximum Gasteiger partial charge on any atom is 0.267 e. The fourth-order valence-electron chi connectivity index (χ4n) is 3.82. The number of benzene rings is 1. The molecule has 1 heterocycles. The number of carbonyl (C=O) groups is 2. The average Bonchev–Trinajstić information content (AvgIpc) is 2.90. The number of hydrogen-bond acceptors (Lipinski definition) is 3. The van der Waals surface area contributed by atoms with Crippen LogP contribution >= 0.6 is 0 Å². The van der Waals surface area contributed by atoms with Gasteiger partial charge < -0.3 is 14.5 Å². The van der Waals surface area contributed by atoms with Gasteiger partial charge >= 0.3 is 0 Å². The molecule has 0 radical (unpaired) electrons. The maximum absolute atomic E-state index is 12.7. The van der Waals surface area contributed by atoms with Gasteiger partial charge in [0.1, 0.15) is 5.75 Å². The molecule has 0 spiro atoms. The van der Waals surface area contributed by atoms with Crippen molar-refractivity contribution >= 4 is 17.5 Å². The molecule has 1 fully saturated rings. The van der Waals surface area contributed by atoms with E-state index >= 15 is 0 Å². The number of rotatable bonds is 4. The van der Waals surface area contributed by atoms with Crippen LogP contribution in [0.3, 0.4) is 0 Å². The van der Waals surface area contributed by atoms with Gasteiger partial charge in [-0.2, -0.15) is 0 Å². The Morgan fingerprint density at radius 3 is 2.60 bits per heavy atom. The number of amides is 2. The molecular weight excluding hydrogens is 316 g/mol. The molecule has 25 heavy (non-hydrogen) atoms. The van der Waals surface area contributed by atoms with Crippen LogP contribution in [-0.2, 0) is 9.59 Å². The number of carbonyl (C=O) groups excluding carboxylic acids is 2. The molecule has 1 saturated carbocycles. The molecule has 3 rings (SSSR count). The first-order valence-electron chi connectivity index (χ1n) is 9.40. The summed E-state index contributed by atoms with van der Waals surface area (Å²) in [5.74, 6) is 0.749. The highest BCUT2D eigenvalue weighted by molar-refractivity contribution is 6.00. The topological polar surface area (TPSA) is 49.9 Å². The Balaban J connectivity index is 1.64. The minimum absolute atomic E-state index is 0.0800. The average molecular weight is 344 g/mol. The summed E-state index contributed by atoms with van der Waals surface area (Å²) in [6, 6.07) is 7.87. The predicted molar refractivity (Wildman–Crippen MR) is 97.8 cm³/mol. The molecule has 1 aromatic carbocycles. The normalized spacial score (nSPS) is 21.3. The van der Waals surface area contributed by atoms with Gasteiger partial charge in [0.2, 0.25) is 5.91 Å². The van der Waals surface area contributed by atoms with Gasteiger partial charge in [0.25, 0.3) is 5.91 Å². The SMILES string of the molecule is CC1Oc2ccccc2N(CCC(=O)N(C)C2CCCCCC2)C1=O. The molecule has 0 aromatic heterocycles. The predicted octanol–water partition coefficient (Wildman–Crippen LogP) is 3.37. The lowest BCUT2D eigenvalue weighted by molar-refractivity contribution is -0.132. The Morgan fingerprint density at radius 2 is 1.88 bits per heavy atom. The lowest BCUT2D eigenvalue weighted by atomic mass is 10.1. The van der Waals surface area contributed by atoms with Gasteiger partial charge in [-0.1, -0.05) is 37.8 Å². The van der Waals surface area contributed by atoms with Crippen LogP contribution in [0.15, 0.2) is 24.3 Å². The molecule has 5 heteroatoms. The molecule has 1 aliphatic heterocycles. The summed E-state index contributed by atoms with van der Waals surface area (Å²) in [5.41, 5.74) is 0.760. The third-order valence-corrected chi connectivity index (χ3v) is 5.39. The third-order valence-electron chi connectivity index (χ3n) is 5.39. The number of para-hydroxylation sites is 2. The van der Waals surface area contributed by atoms with Gasteiger partial charge in [-0.3, -0.25) is 9.59 Å². The van der Waals surface area contributed by atoms with Crippen molar-refractivity contribution < 1.29 is 14.3 Å². The zero-order chi connectivity index (χ0) is 17.8. The number of anilines is 1. The quantitative estimate of drug-likeness (QED) is 0.787. The van der Waals surface area contributed by atoms with Crippen molar-refractivity contribution in [2.75, 3.05) is 18.5 Å². The second-order valence-electron chi connectivity index (χ2n) is 7.12. The number of hydrogen-bond donors (Lipinski definition) is 0. The Bertz CT molecular complexity index is 623. The lowest BCUT2D eigenvalue weighted by Gasteiger charge is -2.34. The second-order valence-corrected chi connectivity index (χ2v) is 7.12. The zero-order valence-electron chi connectivity index (χ0n) is 15.2. The molecule has 5 nitrogen and oxygen atoms in total. The van der Waals surface area contributed by atoms with E-state index < -0.39 is 6.10 Å². The van der Waals surface area contributed by atoms with E-state index in [9.17, 15) is 9.59 Å². The Hall–Kier alpha value is -2.04. The summed E-state index contributed by atoms with van der Waals surface area (Å²) in [6.45, 7) is 2.16. The van der Waals surface area contributed by atoms with Gasteiger partial charge in [0.15, 0.2) is 6.10 Å². The molecule has 1 aliphatic carbocycles. The van der Waals surface area contributed by atoms with Gasteiger partial charge in [0.05, 0.1) is 5.69 Å². The first-order valence-corrected chi connectivity index (χ1v) is 9.40. The Kier molecular flexibility index (Phi) is 5.61. The summed E-state index contributed by atoms with van der Waals surface area (Å²) in [5, 5.41) is 0. The summed E-state index contributed by atoms with van der Waals surface area (Å²) in [6.07, 6.45) is 6.98. The molecule has 2 aliphatic rings. The zero-order valence-corrected chi connectivity index (χ0v) is 15.2. The molecule has 1 aromatic rings. The van der Waals surface area contributed by atoms with Crippen LogP contribution < -0.4 is 9.64 Å². The number of ether oxygens (including phenoxy) is 1. The van der Waals surface area contributed by atoms with Crippen molar-refractivity contribution in [1.82, 2.24) is 4.90 Å². The monoisotopic (exact) mass is 344 g/mol. The van der Waals surface area contributed by atoms with Crippen LogP contribution in [-0.4, -0.2) is 42.5 Å². The van der Waals surface area contributed by atoms with E-state index in [1.165, 1.54) is 25.7 Å². The van der Waals surface area contributed by atoms with Crippen molar-refractivity contribution in [2.24, 2.45) is 0 Å². The van der Waals surface area contributed by atoms with E-state index in [1.54, 1.807) is 11.8 Å². The molecule has 0 N–H and O–H groups in total. The summed E-state index contributed by atoms with van der Waals surface area (Å²) >= 11 is 0. The molecule has 1 atom stereocenters. The summed E-state index contributed by atoms with van der Waals surface area (Å²) in [4.78, 5) is 28.8. The highest BCUT2D eigenvalue weighted by Crippen LogP contribution is 2.33.